The van der Waals surface area contributed by atoms with Crippen molar-refractivity contribution < 1.29 is 14.3 Å². The lowest BCUT2D eigenvalue weighted by Gasteiger charge is -1.98. The van der Waals surface area contributed by atoms with Crippen LogP contribution in [0.5, 0.6) is 0 Å². The Morgan fingerprint density at radius 2 is 2.50 bits per heavy atom. The molecule has 2 aromatic heterocycles. The van der Waals surface area contributed by atoms with E-state index < -0.39 is 5.97 Å². The third-order valence-corrected chi connectivity index (χ3v) is 1.94. The second-order valence-electron chi connectivity index (χ2n) is 2.46. The first kappa shape index (κ1) is 8.70. The number of carbonyl (C=O) groups is 1. The van der Waals surface area contributed by atoms with Gasteiger partial charge in [0.25, 0.3) is 0 Å². The van der Waals surface area contributed by atoms with Crippen molar-refractivity contribution in [1.29, 1.82) is 0 Å². The Morgan fingerprint density at radius 1 is 1.71 bits per heavy atom. The molecule has 6 nitrogen and oxygen atoms in total. The minimum absolute atomic E-state index is 0.00625. The van der Waals surface area contributed by atoms with Crippen molar-refractivity contribution in [3.8, 4) is 5.88 Å². The van der Waals surface area contributed by atoms with E-state index in [0.717, 1.165) is 0 Å². The highest BCUT2D eigenvalue weighted by Gasteiger charge is 2.14. The fraction of sp³-hybridized carbons (Fsp3) is 0. The van der Waals surface area contributed by atoms with Crippen LogP contribution in [0.15, 0.2) is 23.2 Å². The van der Waals surface area contributed by atoms with E-state index in [1.807, 2.05) is 0 Å². The Labute approximate surface area is 82.8 Å². The van der Waals surface area contributed by atoms with E-state index in [2.05, 4.69) is 9.97 Å². The van der Waals surface area contributed by atoms with Crippen LogP contribution >= 0.6 is 12.2 Å². The number of aromatic amines is 1. The van der Waals surface area contributed by atoms with Crippen LogP contribution < -0.4 is 0 Å². The number of imidazole rings is 1. The number of H-pyrrole nitrogens is 1. The number of nitrogens with zero attached hydrogens (tertiary/aromatic N) is 2. The van der Waals surface area contributed by atoms with E-state index >= 15 is 0 Å². The minimum Gasteiger partial charge on any atom is -0.477 e. The molecule has 0 unspecified atom stereocenters. The van der Waals surface area contributed by atoms with Crippen LogP contribution in [0.4, 0.5) is 0 Å². The molecule has 0 spiro atoms. The number of carboxylic acid groups (broad SMARTS) is 1. The summed E-state index contributed by atoms with van der Waals surface area (Å²) in [5.74, 6) is -0.817. The molecule has 0 bridgehead atoms. The standard InChI is InChI=1S/C7H5N3O3S/c11-6(12)4-1-9-7(14)10(4)5-2-8-3-13-5/h1-3H,(H,9,14)(H,11,12). The molecule has 0 saturated heterocycles. The van der Waals surface area contributed by atoms with Crippen molar-refractivity contribution in [2.24, 2.45) is 0 Å². The van der Waals surface area contributed by atoms with Crippen molar-refractivity contribution in [2.75, 3.05) is 0 Å². The highest BCUT2D eigenvalue weighted by atomic mass is 32.1. The molecule has 0 fully saturated rings. The van der Waals surface area contributed by atoms with Gasteiger partial charge in [-0.05, 0) is 12.2 Å². The fourth-order valence-electron chi connectivity index (χ4n) is 1.06. The molecule has 0 aromatic carbocycles. The Morgan fingerprint density at radius 3 is 3.07 bits per heavy atom. The van der Waals surface area contributed by atoms with E-state index in [1.165, 1.54) is 23.4 Å². The van der Waals surface area contributed by atoms with Crippen molar-refractivity contribution in [2.45, 2.75) is 0 Å². The highest BCUT2D eigenvalue weighted by molar-refractivity contribution is 7.71. The lowest BCUT2D eigenvalue weighted by molar-refractivity contribution is 0.0687. The highest BCUT2D eigenvalue weighted by Crippen LogP contribution is 2.11. The van der Waals surface area contributed by atoms with Crippen LogP contribution in [0.2, 0.25) is 0 Å². The summed E-state index contributed by atoms with van der Waals surface area (Å²) in [5.41, 5.74) is 0.00625. The van der Waals surface area contributed by atoms with Gasteiger partial charge in [-0.1, -0.05) is 0 Å². The Balaban J connectivity index is 2.68. The second kappa shape index (κ2) is 3.11. The van der Waals surface area contributed by atoms with Crippen LogP contribution in [0.3, 0.4) is 0 Å². The summed E-state index contributed by atoms with van der Waals surface area (Å²) in [6.07, 6.45) is 3.89. The Bertz CT molecular complexity index is 511. The lowest BCUT2D eigenvalue weighted by Crippen LogP contribution is -2.05. The number of rotatable bonds is 2. The number of hydrogen-bond donors (Lipinski definition) is 2. The topological polar surface area (TPSA) is 84.0 Å². The van der Waals surface area contributed by atoms with Crippen LogP contribution in [0, 0.1) is 4.77 Å². The lowest BCUT2D eigenvalue weighted by atomic mass is 10.5. The molecule has 14 heavy (non-hydrogen) atoms. The number of carboxylic acids is 1. The molecule has 0 aliphatic heterocycles. The molecular weight excluding hydrogens is 206 g/mol. The molecule has 0 saturated carbocycles. The van der Waals surface area contributed by atoms with Crippen LogP contribution in [0.25, 0.3) is 5.88 Å². The maximum absolute atomic E-state index is 10.8. The van der Waals surface area contributed by atoms with Crippen LogP contribution in [-0.2, 0) is 0 Å². The zero-order valence-corrected chi connectivity index (χ0v) is 7.61. The molecule has 0 aliphatic carbocycles. The zero-order valence-electron chi connectivity index (χ0n) is 6.80. The third-order valence-electron chi connectivity index (χ3n) is 1.64. The van der Waals surface area contributed by atoms with Gasteiger partial charge in [-0.3, -0.25) is 0 Å². The van der Waals surface area contributed by atoms with Gasteiger partial charge in [-0.25, -0.2) is 14.3 Å². The minimum atomic E-state index is -1.09. The average Bonchev–Trinajstić information content (AvgIpc) is 2.71. The number of aromatic nitrogens is 3. The van der Waals surface area contributed by atoms with Gasteiger partial charge in [0.05, 0.1) is 6.20 Å². The van der Waals surface area contributed by atoms with Gasteiger partial charge in [0.1, 0.15) is 0 Å². The third kappa shape index (κ3) is 1.23. The predicted octanol–water partition coefficient (Wildman–Crippen LogP) is 1.22. The number of oxazole rings is 1. The van der Waals surface area contributed by atoms with Crippen molar-refractivity contribution in [1.82, 2.24) is 14.5 Å². The molecule has 0 aliphatic rings. The summed E-state index contributed by atoms with van der Waals surface area (Å²) < 4.78 is 6.46. The molecule has 2 aromatic rings. The second-order valence-corrected chi connectivity index (χ2v) is 2.85. The van der Waals surface area contributed by atoms with Gasteiger partial charge in [0.15, 0.2) is 16.9 Å². The predicted molar refractivity (Wildman–Crippen MR) is 48.0 cm³/mol. The molecular formula is C7H5N3O3S. The van der Waals surface area contributed by atoms with Crippen LogP contribution in [0.1, 0.15) is 10.5 Å². The number of hydrogen-bond acceptors (Lipinski definition) is 4. The normalized spacial score (nSPS) is 10.3. The van der Waals surface area contributed by atoms with Gasteiger partial charge in [-0.15, -0.1) is 0 Å². The van der Waals surface area contributed by atoms with E-state index in [-0.39, 0.29) is 16.3 Å². The van der Waals surface area contributed by atoms with Crippen molar-refractivity contribution in [3.05, 3.63) is 29.3 Å². The van der Waals surface area contributed by atoms with Gasteiger partial charge in [0, 0.05) is 6.20 Å². The molecule has 72 valence electrons. The van der Waals surface area contributed by atoms with Gasteiger partial charge < -0.3 is 14.5 Å². The van der Waals surface area contributed by atoms with E-state index in [9.17, 15) is 4.79 Å². The van der Waals surface area contributed by atoms with Gasteiger partial charge >= 0.3 is 5.97 Å². The number of aromatic carboxylic acids is 1. The molecule has 0 radical (unpaired) electrons. The largest absolute Gasteiger partial charge is 0.477 e. The zero-order chi connectivity index (χ0) is 10.1. The number of nitrogens with one attached hydrogen (secondary N) is 1. The molecule has 2 heterocycles. The van der Waals surface area contributed by atoms with E-state index in [1.54, 1.807) is 0 Å². The summed E-state index contributed by atoms with van der Waals surface area (Å²) in [4.78, 5) is 17.1. The Hall–Kier alpha value is -1.89. The molecule has 2 rings (SSSR count). The van der Waals surface area contributed by atoms with E-state index in [0.29, 0.717) is 0 Å². The first-order valence-corrected chi connectivity index (χ1v) is 4.03. The Kier molecular flexibility index (Phi) is 1.93. The van der Waals surface area contributed by atoms with Crippen molar-refractivity contribution >= 4 is 18.2 Å². The smallest absolute Gasteiger partial charge is 0.354 e. The summed E-state index contributed by atoms with van der Waals surface area (Å²) >= 11 is 4.90. The maximum Gasteiger partial charge on any atom is 0.354 e. The maximum atomic E-state index is 10.8. The molecule has 0 atom stereocenters. The first-order valence-electron chi connectivity index (χ1n) is 3.62. The van der Waals surface area contributed by atoms with Gasteiger partial charge in [-0.2, -0.15) is 0 Å². The first-order chi connectivity index (χ1) is 6.70. The average molecular weight is 211 g/mol. The van der Waals surface area contributed by atoms with Gasteiger partial charge in [0.2, 0.25) is 5.88 Å². The molecule has 0 amide bonds. The quantitative estimate of drug-likeness (QED) is 0.729. The summed E-state index contributed by atoms with van der Waals surface area (Å²) in [7, 11) is 0. The summed E-state index contributed by atoms with van der Waals surface area (Å²) in [6.45, 7) is 0. The van der Waals surface area contributed by atoms with Crippen LogP contribution in [-0.4, -0.2) is 25.6 Å². The van der Waals surface area contributed by atoms with Crippen molar-refractivity contribution in [3.63, 3.8) is 0 Å². The summed E-state index contributed by atoms with van der Waals surface area (Å²) in [6, 6.07) is 0. The molecule has 2 N–H and O–H groups in total. The SMILES string of the molecule is O=C(O)c1c[nH]c(=S)n1-c1cnco1. The summed E-state index contributed by atoms with van der Waals surface area (Å²) in [5, 5.41) is 8.83. The van der Waals surface area contributed by atoms with E-state index in [4.69, 9.17) is 21.7 Å². The fourth-order valence-corrected chi connectivity index (χ4v) is 1.31. The monoisotopic (exact) mass is 211 g/mol. The molecule has 7 heteroatoms.